The first-order valence-electron chi connectivity index (χ1n) is 10.4. The van der Waals surface area contributed by atoms with Crippen molar-refractivity contribution in [2.24, 2.45) is 5.92 Å². The van der Waals surface area contributed by atoms with Crippen molar-refractivity contribution >= 4 is 45.0 Å². The third-order valence-electron chi connectivity index (χ3n) is 5.72. The number of aromatic nitrogens is 2. The maximum Gasteiger partial charge on any atom is 0.233 e. The lowest BCUT2D eigenvalue weighted by Crippen LogP contribution is -2.30. The zero-order valence-corrected chi connectivity index (χ0v) is 19.1. The van der Waals surface area contributed by atoms with Gasteiger partial charge >= 0.3 is 0 Å². The molecule has 31 heavy (non-hydrogen) atoms. The number of thioether (sulfide) groups is 1. The highest BCUT2D eigenvalue weighted by Crippen LogP contribution is 2.40. The fourth-order valence-corrected chi connectivity index (χ4v) is 6.25. The summed E-state index contributed by atoms with van der Waals surface area (Å²) in [6.45, 7) is 4.79. The number of aryl methyl sites for hydroxylation is 1. The topological polar surface area (TPSA) is 99.4 Å². The van der Waals surface area contributed by atoms with Gasteiger partial charge in [-0.15, -0.1) is 11.3 Å². The molecule has 0 saturated carbocycles. The summed E-state index contributed by atoms with van der Waals surface area (Å²) < 4.78 is 10.7. The molecule has 3 heterocycles. The quantitative estimate of drug-likeness (QED) is 0.443. The van der Waals surface area contributed by atoms with E-state index >= 15 is 0 Å². The second-order valence-electron chi connectivity index (χ2n) is 8.09. The molecule has 2 aromatic heterocycles. The number of benzene rings is 1. The Balaban J connectivity index is 1.26. The van der Waals surface area contributed by atoms with Gasteiger partial charge in [0.2, 0.25) is 12.7 Å². The van der Waals surface area contributed by atoms with Crippen molar-refractivity contribution in [2.75, 3.05) is 12.5 Å². The molecule has 2 atom stereocenters. The minimum Gasteiger partial charge on any atom is -0.454 e. The molecular weight excluding hydrogens is 432 g/mol. The average Bonchev–Trinajstić information content (AvgIpc) is 3.35. The molecular formula is C22H24N4O3S2. The fourth-order valence-electron chi connectivity index (χ4n) is 4.00. The molecule has 3 aromatic rings. The zero-order valence-electron chi connectivity index (χ0n) is 17.4. The Morgan fingerprint density at radius 3 is 3.06 bits per heavy atom. The van der Waals surface area contributed by atoms with Gasteiger partial charge in [0.15, 0.2) is 16.7 Å². The van der Waals surface area contributed by atoms with E-state index < -0.39 is 0 Å². The minimum absolute atomic E-state index is 0.0794. The summed E-state index contributed by atoms with van der Waals surface area (Å²) in [7, 11) is 0. The number of anilines is 1. The number of carbonyl (C=O) groups is 1. The number of nitrogen functional groups attached to an aromatic ring is 1. The van der Waals surface area contributed by atoms with Gasteiger partial charge in [0.25, 0.3) is 0 Å². The van der Waals surface area contributed by atoms with Crippen LogP contribution >= 0.6 is 23.1 Å². The molecule has 1 aliphatic carbocycles. The van der Waals surface area contributed by atoms with Crippen LogP contribution in [0.4, 0.5) is 5.82 Å². The van der Waals surface area contributed by atoms with E-state index in [-0.39, 0.29) is 18.0 Å². The number of amides is 1. The summed E-state index contributed by atoms with van der Waals surface area (Å²) in [6.07, 6.45) is 3.29. The van der Waals surface area contributed by atoms with Gasteiger partial charge in [-0.3, -0.25) is 4.79 Å². The first-order valence-corrected chi connectivity index (χ1v) is 12.1. The van der Waals surface area contributed by atoms with Gasteiger partial charge in [0.05, 0.1) is 10.6 Å². The van der Waals surface area contributed by atoms with Crippen LogP contribution in [0.1, 0.15) is 36.3 Å². The summed E-state index contributed by atoms with van der Waals surface area (Å²) >= 11 is 3.05. The molecule has 5 rings (SSSR count). The predicted octanol–water partition coefficient (Wildman–Crippen LogP) is 3.92. The molecule has 2 aliphatic rings. The number of hydrogen-bond acceptors (Lipinski definition) is 8. The average molecular weight is 457 g/mol. The van der Waals surface area contributed by atoms with Gasteiger partial charge in [0.1, 0.15) is 10.6 Å². The smallest absolute Gasteiger partial charge is 0.233 e. The van der Waals surface area contributed by atoms with E-state index in [1.807, 2.05) is 25.1 Å². The number of nitrogens with two attached hydrogens (primary N) is 1. The summed E-state index contributed by atoms with van der Waals surface area (Å²) in [4.78, 5) is 24.2. The number of nitrogens with one attached hydrogen (secondary N) is 1. The third kappa shape index (κ3) is 4.04. The molecule has 2 unspecified atom stereocenters. The molecule has 0 spiro atoms. The van der Waals surface area contributed by atoms with Crippen LogP contribution in [0.2, 0.25) is 0 Å². The van der Waals surface area contributed by atoms with E-state index in [1.165, 1.54) is 28.6 Å². The fraction of sp³-hybridized carbons (Fsp3) is 0.409. The Kier molecular flexibility index (Phi) is 5.39. The van der Waals surface area contributed by atoms with Crippen LogP contribution in [-0.2, 0) is 24.2 Å². The lowest BCUT2D eigenvalue weighted by Gasteiger charge is -2.17. The van der Waals surface area contributed by atoms with Gasteiger partial charge in [0, 0.05) is 11.4 Å². The Bertz CT molecular complexity index is 1160. The van der Waals surface area contributed by atoms with Crippen molar-refractivity contribution in [2.45, 2.75) is 50.1 Å². The highest BCUT2D eigenvalue weighted by molar-refractivity contribution is 8.00. The molecule has 0 bridgehead atoms. The molecule has 1 aromatic carbocycles. The van der Waals surface area contributed by atoms with Crippen molar-refractivity contribution in [1.29, 1.82) is 0 Å². The predicted molar refractivity (Wildman–Crippen MR) is 123 cm³/mol. The van der Waals surface area contributed by atoms with E-state index in [0.717, 1.165) is 34.4 Å². The van der Waals surface area contributed by atoms with E-state index in [0.29, 0.717) is 29.2 Å². The lowest BCUT2D eigenvalue weighted by molar-refractivity contribution is -0.120. The van der Waals surface area contributed by atoms with Crippen LogP contribution in [0, 0.1) is 5.92 Å². The number of rotatable bonds is 5. The number of fused-ring (bicyclic) bond motifs is 4. The molecule has 3 N–H and O–H groups in total. The first kappa shape index (κ1) is 20.4. The largest absolute Gasteiger partial charge is 0.454 e. The van der Waals surface area contributed by atoms with Crippen molar-refractivity contribution in [3.63, 3.8) is 0 Å². The molecule has 1 amide bonds. The van der Waals surface area contributed by atoms with Crippen molar-refractivity contribution in [1.82, 2.24) is 15.3 Å². The van der Waals surface area contributed by atoms with E-state index in [9.17, 15) is 4.79 Å². The number of ether oxygens (including phenoxy) is 2. The van der Waals surface area contributed by atoms with E-state index in [4.69, 9.17) is 20.2 Å². The summed E-state index contributed by atoms with van der Waals surface area (Å²) in [5.74, 6) is 2.57. The normalized spacial score (nSPS) is 18.1. The minimum atomic E-state index is -0.347. The van der Waals surface area contributed by atoms with Gasteiger partial charge in [-0.1, -0.05) is 24.8 Å². The Morgan fingerprint density at radius 2 is 2.19 bits per heavy atom. The lowest BCUT2D eigenvalue weighted by atomic mass is 9.89. The van der Waals surface area contributed by atoms with Crippen LogP contribution in [0.15, 0.2) is 23.4 Å². The van der Waals surface area contributed by atoms with Crippen LogP contribution in [0.25, 0.3) is 10.2 Å². The van der Waals surface area contributed by atoms with Crippen molar-refractivity contribution < 1.29 is 14.3 Å². The monoisotopic (exact) mass is 456 g/mol. The second kappa shape index (κ2) is 8.20. The van der Waals surface area contributed by atoms with Gasteiger partial charge in [-0.2, -0.15) is 0 Å². The number of nitrogens with zero attached hydrogens (tertiary/aromatic N) is 2. The highest BCUT2D eigenvalue weighted by Gasteiger charge is 2.24. The molecule has 7 nitrogen and oxygen atoms in total. The molecule has 0 saturated heterocycles. The van der Waals surface area contributed by atoms with E-state index in [1.54, 1.807) is 11.3 Å². The summed E-state index contributed by atoms with van der Waals surface area (Å²) in [5.41, 5.74) is 8.59. The van der Waals surface area contributed by atoms with Crippen molar-refractivity contribution in [3.05, 3.63) is 34.2 Å². The highest BCUT2D eigenvalue weighted by atomic mass is 32.2. The van der Waals surface area contributed by atoms with Crippen molar-refractivity contribution in [3.8, 4) is 11.5 Å². The maximum absolute atomic E-state index is 12.6. The van der Waals surface area contributed by atoms with E-state index in [2.05, 4.69) is 17.2 Å². The summed E-state index contributed by atoms with van der Waals surface area (Å²) in [6, 6.07) is 5.66. The summed E-state index contributed by atoms with van der Waals surface area (Å²) in [5, 5.41) is 4.17. The number of thiophene rings is 1. The Morgan fingerprint density at radius 1 is 1.35 bits per heavy atom. The Hall–Kier alpha value is -2.52. The number of carbonyl (C=O) groups excluding carboxylic acids is 1. The SMILES string of the molecule is CC1CCc2c(sc3nc(SC(C)C(=O)NCc4ccc5c(c4)OCO5)nc(N)c23)C1. The molecule has 162 valence electrons. The van der Waals surface area contributed by atoms with Gasteiger partial charge < -0.3 is 20.5 Å². The van der Waals surface area contributed by atoms with Crippen LogP contribution in [0.5, 0.6) is 11.5 Å². The zero-order chi connectivity index (χ0) is 21.5. The maximum atomic E-state index is 12.6. The molecule has 0 radical (unpaired) electrons. The molecule has 9 heteroatoms. The van der Waals surface area contributed by atoms with Gasteiger partial charge in [-0.25, -0.2) is 9.97 Å². The van der Waals surface area contributed by atoms with Crippen LogP contribution < -0.4 is 20.5 Å². The molecule has 1 aliphatic heterocycles. The Labute approximate surface area is 188 Å². The number of hydrogen-bond donors (Lipinski definition) is 2. The standard InChI is InChI=1S/C22H24N4O3S2/c1-11-3-5-14-17(7-11)31-21-18(14)19(23)25-22(26-21)30-12(2)20(27)24-9-13-4-6-15-16(8-13)29-10-28-15/h4,6,8,11-12H,3,5,7,9-10H2,1-2H3,(H,24,27)(H2,23,25,26). The molecule has 0 fully saturated rings. The second-order valence-corrected chi connectivity index (χ2v) is 10.5. The van der Waals surface area contributed by atoms with Crippen LogP contribution in [-0.4, -0.2) is 27.9 Å². The third-order valence-corrected chi connectivity index (χ3v) is 7.83. The van der Waals surface area contributed by atoms with Gasteiger partial charge in [-0.05, 0) is 55.4 Å². The first-order chi connectivity index (χ1) is 15.0. The van der Waals surface area contributed by atoms with Crippen LogP contribution in [0.3, 0.4) is 0 Å².